The quantitative estimate of drug-likeness (QED) is 0.670. The SMILES string of the molecule is CC1=CNC(NC(=O)OCCF)C=C1n1cc(C(N)=O)c(-c2ccccc2Cl)c1. The van der Waals surface area contributed by atoms with Crippen LogP contribution in [0.4, 0.5) is 9.18 Å². The third-order valence-electron chi connectivity index (χ3n) is 4.33. The smallest absolute Gasteiger partial charge is 0.409 e. The van der Waals surface area contributed by atoms with Gasteiger partial charge in [-0.25, -0.2) is 9.18 Å². The zero-order valence-electron chi connectivity index (χ0n) is 15.6. The summed E-state index contributed by atoms with van der Waals surface area (Å²) < 4.78 is 18.6. The van der Waals surface area contributed by atoms with E-state index in [0.29, 0.717) is 21.7 Å². The van der Waals surface area contributed by atoms with E-state index >= 15 is 0 Å². The molecule has 2 heterocycles. The minimum atomic E-state index is -0.754. The number of halogens is 2. The first kappa shape index (κ1) is 20.5. The number of rotatable bonds is 6. The van der Waals surface area contributed by atoms with Gasteiger partial charge in [0.15, 0.2) is 0 Å². The number of nitrogens with one attached hydrogen (secondary N) is 2. The van der Waals surface area contributed by atoms with E-state index in [2.05, 4.69) is 15.4 Å². The van der Waals surface area contributed by atoms with Crippen LogP contribution in [0.15, 0.2) is 54.5 Å². The van der Waals surface area contributed by atoms with Crippen LogP contribution in [0.1, 0.15) is 17.3 Å². The van der Waals surface area contributed by atoms with Gasteiger partial charge in [0, 0.05) is 40.4 Å². The van der Waals surface area contributed by atoms with Crippen LogP contribution in [0.25, 0.3) is 16.8 Å². The van der Waals surface area contributed by atoms with Crippen molar-refractivity contribution in [1.82, 2.24) is 15.2 Å². The van der Waals surface area contributed by atoms with E-state index in [0.717, 1.165) is 11.3 Å². The number of aromatic nitrogens is 1. The summed E-state index contributed by atoms with van der Waals surface area (Å²) >= 11 is 6.30. The van der Waals surface area contributed by atoms with Gasteiger partial charge in [0.1, 0.15) is 19.4 Å². The minimum absolute atomic E-state index is 0.315. The van der Waals surface area contributed by atoms with E-state index in [4.69, 9.17) is 17.3 Å². The molecule has 0 radical (unpaired) electrons. The van der Waals surface area contributed by atoms with E-state index in [-0.39, 0.29) is 6.61 Å². The predicted octanol–water partition coefficient (Wildman–Crippen LogP) is 3.28. The predicted molar refractivity (Wildman–Crippen MR) is 109 cm³/mol. The van der Waals surface area contributed by atoms with Gasteiger partial charge in [-0.05, 0) is 24.6 Å². The maximum Gasteiger partial charge on any atom is 0.409 e. The van der Waals surface area contributed by atoms with Gasteiger partial charge in [-0.2, -0.15) is 0 Å². The summed E-state index contributed by atoms with van der Waals surface area (Å²) in [6.07, 6.45) is 5.51. The van der Waals surface area contributed by atoms with Gasteiger partial charge >= 0.3 is 6.09 Å². The molecule has 0 fully saturated rings. The fourth-order valence-corrected chi connectivity index (χ4v) is 3.22. The van der Waals surface area contributed by atoms with Crippen LogP contribution in [0.3, 0.4) is 0 Å². The molecular formula is C20H20ClFN4O3. The standard InChI is InChI=1S/C20H20ClFN4O3/c1-12-9-24-18(25-20(28)29-7-6-22)8-17(12)26-10-14(15(11-26)19(23)27)13-4-2-3-5-16(13)21/h2-5,8-11,18,24H,6-7H2,1H3,(H2,23,27)(H,25,28). The van der Waals surface area contributed by atoms with E-state index in [1.165, 1.54) is 0 Å². The number of ether oxygens (including phenoxy) is 1. The molecule has 1 aliphatic heterocycles. The monoisotopic (exact) mass is 418 g/mol. The number of hydrogen-bond donors (Lipinski definition) is 3. The molecule has 9 heteroatoms. The number of carbonyl (C=O) groups excluding carboxylic acids is 2. The average molecular weight is 419 g/mol. The number of carbonyl (C=O) groups is 2. The second-order valence-electron chi connectivity index (χ2n) is 6.33. The molecule has 2 aromatic rings. The fourth-order valence-electron chi connectivity index (χ4n) is 2.98. The molecule has 0 bridgehead atoms. The Bertz CT molecular complexity index is 999. The van der Waals surface area contributed by atoms with Gasteiger partial charge < -0.3 is 20.4 Å². The summed E-state index contributed by atoms with van der Waals surface area (Å²) in [6.45, 7) is 0.802. The molecule has 1 aliphatic rings. The van der Waals surface area contributed by atoms with Crippen molar-refractivity contribution in [1.29, 1.82) is 0 Å². The second kappa shape index (κ2) is 8.83. The van der Waals surface area contributed by atoms with Crippen LogP contribution in [-0.2, 0) is 4.74 Å². The fraction of sp³-hybridized carbons (Fsp3) is 0.200. The number of primary amides is 1. The van der Waals surface area contributed by atoms with Crippen molar-refractivity contribution < 1.29 is 18.7 Å². The normalized spacial score (nSPS) is 15.8. The number of amides is 2. The van der Waals surface area contributed by atoms with Gasteiger partial charge in [0.05, 0.1) is 5.56 Å². The van der Waals surface area contributed by atoms with Crippen LogP contribution in [0.5, 0.6) is 0 Å². The molecule has 2 amide bonds. The highest BCUT2D eigenvalue weighted by Crippen LogP contribution is 2.33. The molecular weight excluding hydrogens is 399 g/mol. The van der Waals surface area contributed by atoms with Crippen LogP contribution >= 0.6 is 11.6 Å². The summed E-state index contributed by atoms with van der Waals surface area (Å²) in [6, 6.07) is 7.16. The average Bonchev–Trinajstić information content (AvgIpc) is 3.13. The van der Waals surface area contributed by atoms with Crippen molar-refractivity contribution in [2.24, 2.45) is 5.73 Å². The molecule has 152 valence electrons. The summed E-state index contributed by atoms with van der Waals surface area (Å²) in [7, 11) is 0. The van der Waals surface area contributed by atoms with E-state index in [1.807, 2.05) is 13.0 Å². The molecule has 0 saturated carbocycles. The Morgan fingerprint density at radius 1 is 1.31 bits per heavy atom. The molecule has 0 aliphatic carbocycles. The number of hydrogen-bond acceptors (Lipinski definition) is 4. The van der Waals surface area contributed by atoms with Crippen molar-refractivity contribution in [3.63, 3.8) is 0 Å². The maximum absolute atomic E-state index is 12.1. The van der Waals surface area contributed by atoms with Crippen molar-refractivity contribution in [2.75, 3.05) is 13.3 Å². The van der Waals surface area contributed by atoms with Crippen molar-refractivity contribution in [3.05, 3.63) is 65.1 Å². The van der Waals surface area contributed by atoms with Crippen molar-refractivity contribution >= 4 is 29.3 Å². The maximum atomic E-state index is 12.1. The zero-order valence-corrected chi connectivity index (χ0v) is 16.4. The number of alkyl carbamates (subject to hydrolysis) is 1. The number of allylic oxidation sites excluding steroid dienone is 2. The summed E-state index contributed by atoms with van der Waals surface area (Å²) in [4.78, 5) is 23.7. The lowest BCUT2D eigenvalue weighted by Gasteiger charge is -2.23. The topological polar surface area (TPSA) is 98.4 Å². The first-order chi connectivity index (χ1) is 13.9. The molecule has 0 spiro atoms. The number of nitrogens with zero attached hydrogens (tertiary/aromatic N) is 1. The van der Waals surface area contributed by atoms with Crippen LogP contribution in [0, 0.1) is 0 Å². The molecule has 29 heavy (non-hydrogen) atoms. The van der Waals surface area contributed by atoms with Gasteiger partial charge in [-0.15, -0.1) is 0 Å². The van der Waals surface area contributed by atoms with Crippen LogP contribution < -0.4 is 16.4 Å². The van der Waals surface area contributed by atoms with Crippen LogP contribution in [-0.4, -0.2) is 36.0 Å². The van der Waals surface area contributed by atoms with E-state index in [9.17, 15) is 14.0 Å². The molecule has 1 unspecified atom stereocenters. The number of alkyl halides is 1. The lowest BCUT2D eigenvalue weighted by molar-refractivity contribution is 0.100. The molecule has 0 saturated heterocycles. The molecule has 1 aromatic heterocycles. The third-order valence-corrected chi connectivity index (χ3v) is 4.66. The van der Waals surface area contributed by atoms with Gasteiger partial charge in [-0.3, -0.25) is 10.1 Å². The highest BCUT2D eigenvalue weighted by molar-refractivity contribution is 6.33. The minimum Gasteiger partial charge on any atom is -0.447 e. The summed E-state index contributed by atoms with van der Waals surface area (Å²) in [5.41, 5.74) is 8.75. The Balaban J connectivity index is 1.95. The third kappa shape index (κ3) is 4.60. The Hall–Kier alpha value is -3.26. The highest BCUT2D eigenvalue weighted by Gasteiger charge is 2.21. The van der Waals surface area contributed by atoms with Gasteiger partial charge in [0.2, 0.25) is 0 Å². The van der Waals surface area contributed by atoms with Crippen LogP contribution in [0.2, 0.25) is 5.02 Å². The van der Waals surface area contributed by atoms with E-state index < -0.39 is 24.8 Å². The largest absolute Gasteiger partial charge is 0.447 e. The highest BCUT2D eigenvalue weighted by atomic mass is 35.5. The van der Waals surface area contributed by atoms with Crippen molar-refractivity contribution in [2.45, 2.75) is 13.1 Å². The Morgan fingerprint density at radius 3 is 2.76 bits per heavy atom. The molecule has 3 rings (SSSR count). The Kier molecular flexibility index (Phi) is 6.23. The van der Waals surface area contributed by atoms with Gasteiger partial charge in [-0.1, -0.05) is 29.8 Å². The Labute approximate surface area is 172 Å². The first-order valence-electron chi connectivity index (χ1n) is 8.82. The lowest BCUT2D eigenvalue weighted by Crippen LogP contribution is -2.44. The van der Waals surface area contributed by atoms with Gasteiger partial charge in [0.25, 0.3) is 5.91 Å². The molecule has 4 N–H and O–H groups in total. The summed E-state index contributed by atoms with van der Waals surface area (Å²) in [5.74, 6) is -0.584. The number of dihydropyridines is 1. The summed E-state index contributed by atoms with van der Waals surface area (Å²) in [5, 5.41) is 6.06. The number of benzene rings is 1. The lowest BCUT2D eigenvalue weighted by atomic mass is 10.0. The zero-order chi connectivity index (χ0) is 21.0. The Morgan fingerprint density at radius 2 is 2.07 bits per heavy atom. The first-order valence-corrected chi connectivity index (χ1v) is 9.20. The molecule has 1 aromatic carbocycles. The van der Waals surface area contributed by atoms with Crippen molar-refractivity contribution in [3.8, 4) is 11.1 Å². The molecule has 7 nitrogen and oxygen atoms in total. The molecule has 1 atom stereocenters. The second-order valence-corrected chi connectivity index (χ2v) is 6.74. The van der Waals surface area contributed by atoms with E-state index in [1.54, 1.807) is 47.4 Å². The number of nitrogens with two attached hydrogens (primary N) is 1.